The molecule has 7 heteroatoms. The van der Waals surface area contributed by atoms with Gasteiger partial charge in [-0.1, -0.05) is 18.2 Å². The van der Waals surface area contributed by atoms with Crippen LogP contribution in [0.3, 0.4) is 0 Å². The molecule has 0 bridgehead atoms. The molecule has 160 valence electrons. The fourth-order valence-corrected chi connectivity index (χ4v) is 5.30. The van der Waals surface area contributed by atoms with Gasteiger partial charge in [-0.25, -0.2) is 14.1 Å². The molecule has 3 aliphatic rings. The van der Waals surface area contributed by atoms with Gasteiger partial charge in [-0.2, -0.15) is 0 Å². The summed E-state index contributed by atoms with van der Waals surface area (Å²) in [5.41, 5.74) is 13.1. The number of amides is 2. The van der Waals surface area contributed by atoms with E-state index in [4.69, 9.17) is 10.9 Å². The highest BCUT2D eigenvalue weighted by molar-refractivity contribution is 7.82. The summed E-state index contributed by atoms with van der Waals surface area (Å²) in [7, 11) is -1.36. The van der Waals surface area contributed by atoms with Gasteiger partial charge in [-0.3, -0.25) is 0 Å². The average Bonchev–Trinajstić information content (AvgIpc) is 3.49. The lowest BCUT2D eigenvalue weighted by Crippen LogP contribution is -2.21. The van der Waals surface area contributed by atoms with Gasteiger partial charge in [-0.15, -0.1) is 0 Å². The zero-order valence-electron chi connectivity index (χ0n) is 17.2. The summed E-state index contributed by atoms with van der Waals surface area (Å²) in [5.74, 6) is 0. The van der Waals surface area contributed by atoms with Gasteiger partial charge < -0.3 is 16.4 Å². The molecule has 1 heterocycles. The van der Waals surface area contributed by atoms with Crippen molar-refractivity contribution in [2.24, 2.45) is 10.9 Å². The van der Waals surface area contributed by atoms with Gasteiger partial charge in [0.25, 0.3) is 0 Å². The predicted molar refractivity (Wildman–Crippen MR) is 121 cm³/mol. The number of nitrogens with one attached hydrogen (secondary N) is 2. The lowest BCUT2D eigenvalue weighted by Gasteiger charge is -2.14. The maximum atomic E-state index is 11.1. The highest BCUT2D eigenvalue weighted by Crippen LogP contribution is 2.38. The average molecular weight is 427 g/mol. The lowest BCUT2D eigenvalue weighted by molar-refractivity contribution is 0.259. The largest absolute Gasteiger partial charge is 0.351 e. The molecule has 2 unspecified atom stereocenters. The smallest absolute Gasteiger partial charge is 0.316 e. The van der Waals surface area contributed by atoms with Crippen molar-refractivity contribution < 1.29 is 9.00 Å². The van der Waals surface area contributed by atoms with Crippen LogP contribution in [0.2, 0.25) is 0 Å². The van der Waals surface area contributed by atoms with Gasteiger partial charge in [0.05, 0.1) is 4.90 Å². The van der Waals surface area contributed by atoms with Crippen molar-refractivity contribution in [1.29, 1.82) is 0 Å². The molecule has 2 aromatic carbocycles. The maximum absolute atomic E-state index is 11.1. The van der Waals surface area contributed by atoms with Gasteiger partial charge in [0.15, 0.2) is 0 Å². The minimum atomic E-state index is -1.36. The number of hydrogen-bond acceptors (Lipinski definition) is 3. The molecule has 5 rings (SSSR count). The summed E-state index contributed by atoms with van der Waals surface area (Å²) in [6, 6.07) is 10.1. The zero-order chi connectivity index (χ0) is 21.1. The first-order valence-electron chi connectivity index (χ1n) is 10.8. The first kappa shape index (κ1) is 21.0. The number of carbonyl (C=O) groups excluding carboxylic acids is 1. The van der Waals surface area contributed by atoms with Crippen LogP contribution in [0, 0.1) is 0 Å². The van der Waals surface area contributed by atoms with Crippen LogP contribution in [0.1, 0.15) is 59.5 Å². The third-order valence-corrected chi connectivity index (χ3v) is 7.03. The van der Waals surface area contributed by atoms with Gasteiger partial charge in [-0.05, 0) is 97.9 Å². The standard InChI is InChI=1S/C13H16N2O.C10H14N2OS/c14-13(16)15-12-10-5-1-3-8(10)7-9-4-2-6-11(9)12;11-14(13)9-5-3-8(4-6-9)10-2-1-7-12-10/h7H,1-6H2,(H3,14,15,16);3-6,10,12H,1-2,7,11H2. The Morgan fingerprint density at radius 1 is 1.00 bits per heavy atom. The monoisotopic (exact) mass is 426 g/mol. The van der Waals surface area contributed by atoms with E-state index in [2.05, 4.69) is 16.7 Å². The number of benzene rings is 2. The van der Waals surface area contributed by atoms with E-state index in [9.17, 15) is 9.00 Å². The van der Waals surface area contributed by atoms with Crippen LogP contribution >= 0.6 is 0 Å². The van der Waals surface area contributed by atoms with Gasteiger partial charge in [0.1, 0.15) is 11.0 Å². The minimum absolute atomic E-state index is 0.436. The Hall–Kier alpha value is -2.22. The Morgan fingerprint density at radius 2 is 1.63 bits per heavy atom. The molecule has 0 aromatic heterocycles. The van der Waals surface area contributed by atoms with E-state index in [-0.39, 0.29) is 0 Å². The molecule has 2 amide bonds. The first-order valence-corrected chi connectivity index (χ1v) is 12.0. The minimum Gasteiger partial charge on any atom is -0.351 e. The quantitative estimate of drug-likeness (QED) is 0.605. The van der Waals surface area contributed by atoms with E-state index in [1.165, 1.54) is 53.5 Å². The Balaban J connectivity index is 0.000000147. The molecule has 2 aromatic rings. The summed E-state index contributed by atoms with van der Waals surface area (Å²) in [4.78, 5) is 11.8. The number of rotatable bonds is 3. The fourth-order valence-electron chi connectivity index (χ4n) is 4.89. The zero-order valence-corrected chi connectivity index (χ0v) is 18.0. The number of primary amides is 1. The van der Waals surface area contributed by atoms with E-state index in [0.717, 1.165) is 37.9 Å². The van der Waals surface area contributed by atoms with Crippen molar-refractivity contribution >= 4 is 22.7 Å². The molecule has 0 spiro atoms. The Morgan fingerprint density at radius 3 is 2.13 bits per heavy atom. The molecule has 2 aliphatic carbocycles. The van der Waals surface area contributed by atoms with Crippen LogP contribution in [0.5, 0.6) is 0 Å². The molecule has 0 radical (unpaired) electrons. The second-order valence-electron chi connectivity index (χ2n) is 8.24. The maximum Gasteiger partial charge on any atom is 0.316 e. The van der Waals surface area contributed by atoms with Gasteiger partial charge in [0, 0.05) is 11.7 Å². The van der Waals surface area contributed by atoms with E-state index >= 15 is 0 Å². The van der Waals surface area contributed by atoms with E-state index in [1.807, 2.05) is 24.3 Å². The summed E-state index contributed by atoms with van der Waals surface area (Å²) >= 11 is 0. The summed E-state index contributed by atoms with van der Waals surface area (Å²) < 4.78 is 11.0. The molecule has 1 fully saturated rings. The molecular weight excluding hydrogens is 396 g/mol. The number of nitrogens with two attached hydrogens (primary N) is 2. The fraction of sp³-hybridized carbons (Fsp3) is 0.435. The summed E-state index contributed by atoms with van der Waals surface area (Å²) in [6.45, 7) is 1.09. The highest BCUT2D eigenvalue weighted by atomic mass is 32.2. The Kier molecular flexibility index (Phi) is 6.51. The SMILES string of the molecule is NC(=O)Nc1c2c(cc3c1CCC3)CCC2.NS(=O)c1ccc(C2CCCN2)cc1. The molecule has 0 saturated carbocycles. The number of carbonyl (C=O) groups is 1. The third kappa shape index (κ3) is 4.58. The van der Waals surface area contributed by atoms with Crippen LogP contribution in [-0.2, 0) is 36.7 Å². The molecule has 6 N–H and O–H groups in total. The third-order valence-electron chi connectivity index (χ3n) is 6.30. The van der Waals surface area contributed by atoms with E-state index in [1.54, 1.807) is 0 Å². The second-order valence-corrected chi connectivity index (χ2v) is 9.30. The number of aryl methyl sites for hydroxylation is 2. The van der Waals surface area contributed by atoms with Crippen molar-refractivity contribution in [3.8, 4) is 0 Å². The molecular formula is C23H30N4O2S. The number of anilines is 1. The Labute approximate surface area is 180 Å². The van der Waals surface area contributed by atoms with Crippen molar-refractivity contribution in [1.82, 2.24) is 5.32 Å². The number of fused-ring (bicyclic) bond motifs is 2. The van der Waals surface area contributed by atoms with Crippen molar-refractivity contribution in [3.63, 3.8) is 0 Å². The van der Waals surface area contributed by atoms with Crippen LogP contribution in [-0.4, -0.2) is 16.8 Å². The molecule has 6 nitrogen and oxygen atoms in total. The normalized spacial score (nSPS) is 20.1. The molecule has 1 aliphatic heterocycles. The molecule has 1 saturated heterocycles. The first-order chi connectivity index (χ1) is 14.5. The number of hydrogen-bond donors (Lipinski definition) is 4. The van der Waals surface area contributed by atoms with Gasteiger partial charge >= 0.3 is 6.03 Å². The predicted octanol–water partition coefficient (Wildman–Crippen LogP) is 3.25. The summed E-state index contributed by atoms with van der Waals surface area (Å²) in [6.07, 6.45) is 9.28. The topological polar surface area (TPSA) is 110 Å². The van der Waals surface area contributed by atoms with Crippen LogP contribution < -0.4 is 21.5 Å². The summed E-state index contributed by atoms with van der Waals surface area (Å²) in [5, 5.41) is 11.5. The molecule has 2 atom stereocenters. The van der Waals surface area contributed by atoms with Crippen molar-refractivity contribution in [3.05, 3.63) is 58.1 Å². The lowest BCUT2D eigenvalue weighted by atomic mass is 9.99. The van der Waals surface area contributed by atoms with E-state index in [0.29, 0.717) is 10.9 Å². The van der Waals surface area contributed by atoms with Crippen molar-refractivity contribution in [2.75, 3.05) is 11.9 Å². The highest BCUT2D eigenvalue weighted by Gasteiger charge is 2.24. The number of urea groups is 1. The van der Waals surface area contributed by atoms with Crippen LogP contribution in [0.25, 0.3) is 0 Å². The van der Waals surface area contributed by atoms with Crippen molar-refractivity contribution in [2.45, 2.75) is 62.3 Å². The van der Waals surface area contributed by atoms with Crippen LogP contribution in [0.15, 0.2) is 35.2 Å². The molecule has 30 heavy (non-hydrogen) atoms. The van der Waals surface area contributed by atoms with E-state index < -0.39 is 17.0 Å². The second kappa shape index (κ2) is 9.29. The van der Waals surface area contributed by atoms with Crippen LogP contribution in [0.4, 0.5) is 10.5 Å². The Bertz CT molecular complexity index is 920. The van der Waals surface area contributed by atoms with Gasteiger partial charge in [0.2, 0.25) is 0 Å².